The minimum absolute atomic E-state index is 0.0906. The Labute approximate surface area is 279 Å². The number of anilines is 3. The van der Waals surface area contributed by atoms with Crippen molar-refractivity contribution in [1.82, 2.24) is 0 Å². The SMILES string of the molecule is Cc1cc(NC(=S)Nc2cc(C(F)(F)F)cc(C(F)(F)F)c2)c(C)c2c1SCC(C)/C2=C1/c2ccccc2-c2ccc(N(C)C)cc21. The summed E-state index contributed by atoms with van der Waals surface area (Å²) in [6, 6.07) is 18.1. The zero-order chi connectivity index (χ0) is 34.0. The molecule has 4 aromatic carbocycles. The number of allylic oxidation sites excluding steroid dienone is 1. The second-order valence-corrected chi connectivity index (χ2v) is 13.6. The lowest BCUT2D eigenvalue weighted by Crippen LogP contribution is -2.22. The van der Waals surface area contributed by atoms with E-state index in [0.717, 1.165) is 60.9 Å². The van der Waals surface area contributed by atoms with Gasteiger partial charge in [0.15, 0.2) is 5.11 Å². The van der Waals surface area contributed by atoms with E-state index in [1.54, 1.807) is 11.8 Å². The highest BCUT2D eigenvalue weighted by atomic mass is 32.2. The Morgan fingerprint density at radius 1 is 0.809 bits per heavy atom. The molecule has 0 amide bonds. The molecule has 1 heterocycles. The van der Waals surface area contributed by atoms with E-state index in [4.69, 9.17) is 12.2 Å². The molecule has 0 spiro atoms. The van der Waals surface area contributed by atoms with Gasteiger partial charge in [0, 0.05) is 41.8 Å². The highest BCUT2D eigenvalue weighted by molar-refractivity contribution is 7.99. The fourth-order valence-corrected chi connectivity index (χ4v) is 7.88. The fraction of sp³-hybridized carbons (Fsp3) is 0.250. The first-order valence-electron chi connectivity index (χ1n) is 14.8. The molecule has 0 radical (unpaired) electrons. The molecule has 1 atom stereocenters. The molecule has 3 nitrogen and oxygen atoms in total. The number of nitrogens with zero attached hydrogens (tertiary/aromatic N) is 1. The van der Waals surface area contributed by atoms with Crippen LogP contribution in [0.5, 0.6) is 0 Å². The van der Waals surface area contributed by atoms with Gasteiger partial charge in [0.2, 0.25) is 0 Å². The molecule has 1 aliphatic heterocycles. The Kier molecular flexibility index (Phi) is 8.37. The third-order valence-electron chi connectivity index (χ3n) is 8.60. The number of thioether (sulfide) groups is 1. The van der Waals surface area contributed by atoms with Crippen molar-refractivity contribution < 1.29 is 26.3 Å². The molecule has 0 bridgehead atoms. The second kappa shape index (κ2) is 11.9. The van der Waals surface area contributed by atoms with E-state index < -0.39 is 29.2 Å². The van der Waals surface area contributed by atoms with Crippen LogP contribution in [0.1, 0.15) is 45.9 Å². The van der Waals surface area contributed by atoms with Crippen molar-refractivity contribution >= 4 is 57.3 Å². The first-order chi connectivity index (χ1) is 22.0. The smallest absolute Gasteiger partial charge is 0.378 e. The zero-order valence-corrected chi connectivity index (χ0v) is 27.8. The Morgan fingerprint density at radius 2 is 1.43 bits per heavy atom. The highest BCUT2D eigenvalue weighted by Gasteiger charge is 2.37. The molecule has 1 unspecified atom stereocenters. The van der Waals surface area contributed by atoms with E-state index >= 15 is 0 Å². The molecule has 0 saturated carbocycles. The van der Waals surface area contributed by atoms with Crippen LogP contribution in [0.4, 0.5) is 43.4 Å². The summed E-state index contributed by atoms with van der Waals surface area (Å²) in [5.41, 5.74) is 8.34. The molecule has 11 heteroatoms. The van der Waals surface area contributed by atoms with E-state index in [9.17, 15) is 26.3 Å². The quantitative estimate of drug-likeness (QED) is 0.146. The monoisotopic (exact) mass is 683 g/mol. The molecule has 47 heavy (non-hydrogen) atoms. The van der Waals surface area contributed by atoms with Crippen LogP contribution < -0.4 is 15.5 Å². The topological polar surface area (TPSA) is 27.3 Å². The first-order valence-corrected chi connectivity index (χ1v) is 16.2. The molecule has 2 aliphatic rings. The van der Waals surface area contributed by atoms with Crippen molar-refractivity contribution in [3.63, 3.8) is 0 Å². The number of halogens is 6. The van der Waals surface area contributed by atoms with Gasteiger partial charge >= 0.3 is 12.4 Å². The van der Waals surface area contributed by atoms with Crippen LogP contribution in [0.2, 0.25) is 0 Å². The summed E-state index contributed by atoms with van der Waals surface area (Å²) in [6.07, 6.45) is -9.94. The number of thiocarbonyl (C=S) groups is 1. The molecule has 244 valence electrons. The minimum Gasteiger partial charge on any atom is -0.378 e. The average Bonchev–Trinajstić information content (AvgIpc) is 3.31. The van der Waals surface area contributed by atoms with Gasteiger partial charge < -0.3 is 15.5 Å². The predicted molar refractivity (Wildman–Crippen MR) is 184 cm³/mol. The van der Waals surface area contributed by atoms with Gasteiger partial charge in [-0.1, -0.05) is 37.3 Å². The highest BCUT2D eigenvalue weighted by Crippen LogP contribution is 2.54. The van der Waals surface area contributed by atoms with Crippen molar-refractivity contribution in [1.29, 1.82) is 0 Å². The van der Waals surface area contributed by atoms with Crippen LogP contribution in [0.3, 0.4) is 0 Å². The molecule has 1 aliphatic carbocycles. The van der Waals surface area contributed by atoms with Crippen LogP contribution in [-0.4, -0.2) is 25.0 Å². The number of rotatable bonds is 3. The number of hydrogen-bond donors (Lipinski definition) is 2. The normalized spacial score (nSPS) is 17.1. The Bertz CT molecular complexity index is 1930. The van der Waals surface area contributed by atoms with E-state index in [2.05, 4.69) is 52.8 Å². The van der Waals surface area contributed by atoms with Gasteiger partial charge in [0.1, 0.15) is 0 Å². The summed E-state index contributed by atoms with van der Waals surface area (Å²) >= 11 is 7.22. The fourth-order valence-electron chi connectivity index (χ4n) is 6.38. The van der Waals surface area contributed by atoms with Gasteiger partial charge in [-0.15, -0.1) is 11.8 Å². The van der Waals surface area contributed by atoms with Gasteiger partial charge in [0.25, 0.3) is 0 Å². The number of nitrogens with one attached hydrogen (secondary N) is 2. The summed E-state index contributed by atoms with van der Waals surface area (Å²) in [6.45, 7) is 6.17. The van der Waals surface area contributed by atoms with E-state index in [0.29, 0.717) is 17.8 Å². The summed E-state index contributed by atoms with van der Waals surface area (Å²) in [7, 11) is 4.02. The molecular formula is C36H31F6N3S2. The van der Waals surface area contributed by atoms with E-state index in [1.165, 1.54) is 5.57 Å². The lowest BCUT2D eigenvalue weighted by atomic mass is 9.83. The molecule has 4 aromatic rings. The summed E-state index contributed by atoms with van der Waals surface area (Å²) in [5, 5.41) is 5.51. The maximum absolute atomic E-state index is 13.5. The zero-order valence-electron chi connectivity index (χ0n) is 26.2. The number of hydrogen-bond acceptors (Lipinski definition) is 3. The van der Waals surface area contributed by atoms with Gasteiger partial charge in [0.05, 0.1) is 11.1 Å². The van der Waals surface area contributed by atoms with Gasteiger partial charge in [-0.05, 0) is 118 Å². The number of aryl methyl sites for hydroxylation is 1. The number of alkyl halides is 6. The van der Waals surface area contributed by atoms with Crippen molar-refractivity contribution in [2.45, 2.75) is 38.0 Å². The molecule has 6 rings (SSSR count). The lowest BCUT2D eigenvalue weighted by molar-refractivity contribution is -0.143. The van der Waals surface area contributed by atoms with Crippen LogP contribution in [0.25, 0.3) is 22.3 Å². The summed E-state index contributed by atoms with van der Waals surface area (Å²) < 4.78 is 80.8. The molecule has 0 aromatic heterocycles. The van der Waals surface area contributed by atoms with Crippen LogP contribution >= 0.6 is 24.0 Å². The summed E-state index contributed by atoms with van der Waals surface area (Å²) in [5.74, 6) is 1.05. The number of benzene rings is 4. The average molecular weight is 684 g/mol. The standard InChI is InChI=1S/C36H31F6N3S2/c1-18-12-29(44-34(46)43-23-14-21(35(37,38)39)13-22(15-23)36(40,41)42)20(3)31-30(19(2)17-47-33(18)31)32-27-9-7-6-8-25(27)26-11-10-24(45(4)5)16-28(26)32/h6-16,19H,17H2,1-5H3,(H2,43,44,46)/b32-30+. The maximum atomic E-state index is 13.5. The lowest BCUT2D eigenvalue weighted by Gasteiger charge is -2.31. The van der Waals surface area contributed by atoms with Gasteiger partial charge in [-0.2, -0.15) is 26.3 Å². The van der Waals surface area contributed by atoms with E-state index in [-0.39, 0.29) is 17.1 Å². The minimum atomic E-state index is -4.97. The third-order valence-corrected chi connectivity index (χ3v) is 10.3. The molecule has 0 saturated heterocycles. The van der Waals surface area contributed by atoms with Crippen molar-refractivity contribution in [2.75, 3.05) is 35.4 Å². The van der Waals surface area contributed by atoms with E-state index in [1.807, 2.05) is 46.1 Å². The third kappa shape index (κ3) is 6.11. The Hall–Kier alpha value is -3.96. The molecule has 0 fully saturated rings. The maximum Gasteiger partial charge on any atom is 0.416 e. The van der Waals surface area contributed by atoms with Crippen LogP contribution in [-0.2, 0) is 12.4 Å². The molecular weight excluding hydrogens is 653 g/mol. The summed E-state index contributed by atoms with van der Waals surface area (Å²) in [4.78, 5) is 3.21. The predicted octanol–water partition coefficient (Wildman–Crippen LogP) is 10.9. The number of fused-ring (bicyclic) bond motifs is 4. The molecule has 2 N–H and O–H groups in total. The Morgan fingerprint density at radius 3 is 2.04 bits per heavy atom. The van der Waals surface area contributed by atoms with Crippen LogP contribution in [0, 0.1) is 19.8 Å². The van der Waals surface area contributed by atoms with Crippen molar-refractivity contribution in [3.8, 4) is 11.1 Å². The van der Waals surface area contributed by atoms with Gasteiger partial charge in [-0.3, -0.25) is 0 Å². The van der Waals surface area contributed by atoms with Gasteiger partial charge in [-0.25, -0.2) is 0 Å². The first kappa shape index (κ1) is 33.0. The van der Waals surface area contributed by atoms with Crippen molar-refractivity contribution in [3.05, 3.63) is 106 Å². The van der Waals surface area contributed by atoms with Crippen LogP contribution in [0.15, 0.2) is 71.6 Å². The van der Waals surface area contributed by atoms with Crippen molar-refractivity contribution in [2.24, 2.45) is 5.92 Å². The second-order valence-electron chi connectivity index (χ2n) is 12.1. The Balaban J connectivity index is 1.46. The largest absolute Gasteiger partial charge is 0.416 e.